The van der Waals surface area contributed by atoms with Gasteiger partial charge in [0.25, 0.3) is 0 Å². The summed E-state index contributed by atoms with van der Waals surface area (Å²) in [5.74, 6) is 0.643. The zero-order valence-corrected chi connectivity index (χ0v) is 10.0. The van der Waals surface area contributed by atoms with Crippen LogP contribution in [-0.2, 0) is 20.0 Å². The number of hydrogen-bond acceptors (Lipinski definition) is 3. The van der Waals surface area contributed by atoms with Gasteiger partial charge < -0.3 is 9.88 Å². The van der Waals surface area contributed by atoms with Crippen LogP contribution in [0.2, 0.25) is 0 Å². The van der Waals surface area contributed by atoms with E-state index < -0.39 is 0 Å². The molecule has 3 heterocycles. The SMILES string of the molecule is Cn1nccc1CCn1cncc1C1CNC1. The molecule has 0 aromatic carbocycles. The molecule has 0 amide bonds. The normalized spacial score (nSPS) is 16.1. The predicted octanol–water partition coefficient (Wildman–Crippen LogP) is 0.546. The Kier molecular flexibility index (Phi) is 2.68. The maximum absolute atomic E-state index is 4.26. The Labute approximate surface area is 100 Å². The van der Waals surface area contributed by atoms with Gasteiger partial charge in [0.15, 0.2) is 0 Å². The second-order valence-electron chi connectivity index (χ2n) is 4.56. The lowest BCUT2D eigenvalue weighted by molar-refractivity contribution is 0.422. The molecule has 0 spiro atoms. The highest BCUT2D eigenvalue weighted by atomic mass is 15.3. The van der Waals surface area contributed by atoms with Crippen LogP contribution in [0.15, 0.2) is 24.8 Å². The van der Waals surface area contributed by atoms with Crippen molar-refractivity contribution in [2.45, 2.75) is 18.9 Å². The highest BCUT2D eigenvalue weighted by Gasteiger charge is 2.22. The van der Waals surface area contributed by atoms with E-state index in [0.717, 1.165) is 26.1 Å². The Hall–Kier alpha value is -1.62. The Morgan fingerprint density at radius 1 is 1.47 bits per heavy atom. The number of nitrogens with zero attached hydrogens (tertiary/aromatic N) is 4. The highest BCUT2D eigenvalue weighted by Crippen LogP contribution is 2.19. The molecule has 90 valence electrons. The van der Waals surface area contributed by atoms with Crippen molar-refractivity contribution in [1.82, 2.24) is 24.6 Å². The molecular formula is C12H17N5. The Balaban J connectivity index is 1.69. The maximum Gasteiger partial charge on any atom is 0.0948 e. The molecule has 2 aromatic rings. The smallest absolute Gasteiger partial charge is 0.0948 e. The van der Waals surface area contributed by atoms with Gasteiger partial charge in [-0.1, -0.05) is 0 Å². The maximum atomic E-state index is 4.26. The molecule has 1 N–H and O–H groups in total. The van der Waals surface area contributed by atoms with E-state index in [1.54, 1.807) is 0 Å². The molecule has 0 radical (unpaired) electrons. The van der Waals surface area contributed by atoms with Gasteiger partial charge in [-0.15, -0.1) is 0 Å². The molecule has 2 aromatic heterocycles. The third-order valence-corrected chi connectivity index (χ3v) is 3.48. The topological polar surface area (TPSA) is 47.7 Å². The highest BCUT2D eigenvalue weighted by molar-refractivity contribution is 5.12. The molecule has 0 unspecified atom stereocenters. The quantitative estimate of drug-likeness (QED) is 0.835. The second-order valence-corrected chi connectivity index (χ2v) is 4.56. The van der Waals surface area contributed by atoms with Gasteiger partial charge in [0.05, 0.1) is 6.33 Å². The third kappa shape index (κ3) is 1.98. The van der Waals surface area contributed by atoms with Crippen molar-refractivity contribution < 1.29 is 0 Å². The number of imidazole rings is 1. The molecule has 5 nitrogen and oxygen atoms in total. The van der Waals surface area contributed by atoms with Crippen molar-refractivity contribution in [3.05, 3.63) is 36.2 Å². The molecule has 0 saturated carbocycles. The fourth-order valence-electron chi connectivity index (χ4n) is 2.24. The van der Waals surface area contributed by atoms with Crippen LogP contribution in [0.5, 0.6) is 0 Å². The zero-order chi connectivity index (χ0) is 11.7. The van der Waals surface area contributed by atoms with Gasteiger partial charge >= 0.3 is 0 Å². The fourth-order valence-corrected chi connectivity index (χ4v) is 2.24. The van der Waals surface area contributed by atoms with Gasteiger partial charge in [0, 0.05) is 62.8 Å². The molecular weight excluding hydrogens is 214 g/mol. The lowest BCUT2D eigenvalue weighted by atomic mass is 10.00. The molecule has 0 atom stereocenters. The van der Waals surface area contributed by atoms with Crippen LogP contribution in [0.3, 0.4) is 0 Å². The van der Waals surface area contributed by atoms with Gasteiger partial charge in [-0.25, -0.2) is 4.98 Å². The molecule has 3 rings (SSSR count). The minimum absolute atomic E-state index is 0.643. The molecule has 0 bridgehead atoms. The van der Waals surface area contributed by atoms with Gasteiger partial charge in [-0.2, -0.15) is 5.10 Å². The Morgan fingerprint density at radius 3 is 3.00 bits per heavy atom. The van der Waals surface area contributed by atoms with Crippen molar-refractivity contribution in [1.29, 1.82) is 0 Å². The van der Waals surface area contributed by atoms with Crippen molar-refractivity contribution in [2.75, 3.05) is 13.1 Å². The van der Waals surface area contributed by atoms with Gasteiger partial charge in [0.1, 0.15) is 0 Å². The molecule has 1 saturated heterocycles. The molecule has 1 fully saturated rings. The third-order valence-electron chi connectivity index (χ3n) is 3.48. The summed E-state index contributed by atoms with van der Waals surface area (Å²) >= 11 is 0. The largest absolute Gasteiger partial charge is 0.334 e. The van der Waals surface area contributed by atoms with E-state index in [1.807, 2.05) is 30.5 Å². The van der Waals surface area contributed by atoms with E-state index in [4.69, 9.17) is 0 Å². The van der Waals surface area contributed by atoms with Crippen LogP contribution in [0.25, 0.3) is 0 Å². The first-order valence-corrected chi connectivity index (χ1v) is 6.02. The molecule has 5 heteroatoms. The number of aryl methyl sites for hydroxylation is 3. The summed E-state index contributed by atoms with van der Waals surface area (Å²) in [7, 11) is 1.99. The Morgan fingerprint density at radius 2 is 2.35 bits per heavy atom. The minimum Gasteiger partial charge on any atom is -0.334 e. The van der Waals surface area contributed by atoms with Crippen LogP contribution in [-0.4, -0.2) is 32.4 Å². The van der Waals surface area contributed by atoms with E-state index in [-0.39, 0.29) is 0 Å². The van der Waals surface area contributed by atoms with Gasteiger partial charge in [-0.3, -0.25) is 4.68 Å². The summed E-state index contributed by atoms with van der Waals surface area (Å²) in [4.78, 5) is 4.26. The number of rotatable bonds is 4. The van der Waals surface area contributed by atoms with Crippen molar-refractivity contribution >= 4 is 0 Å². The zero-order valence-electron chi connectivity index (χ0n) is 10.0. The van der Waals surface area contributed by atoms with Crippen molar-refractivity contribution in [2.24, 2.45) is 7.05 Å². The summed E-state index contributed by atoms with van der Waals surface area (Å²) in [5, 5.41) is 7.48. The number of nitrogens with one attached hydrogen (secondary N) is 1. The summed E-state index contributed by atoms with van der Waals surface area (Å²) in [5.41, 5.74) is 2.61. The average Bonchev–Trinajstić information content (AvgIpc) is 2.83. The number of aromatic nitrogens is 4. The Bertz CT molecular complexity index is 494. The first-order chi connectivity index (χ1) is 8.34. The van der Waals surface area contributed by atoms with Crippen LogP contribution >= 0.6 is 0 Å². The van der Waals surface area contributed by atoms with Crippen LogP contribution in [0, 0.1) is 0 Å². The van der Waals surface area contributed by atoms with E-state index in [9.17, 15) is 0 Å². The van der Waals surface area contributed by atoms with Gasteiger partial charge in [-0.05, 0) is 6.07 Å². The first-order valence-electron chi connectivity index (χ1n) is 6.02. The fraction of sp³-hybridized carbons (Fsp3) is 0.500. The standard InChI is InChI=1S/C12H17N5/c1-16-11(2-4-15-16)3-5-17-9-14-8-12(17)10-6-13-7-10/h2,4,8-10,13H,3,5-7H2,1H3. The predicted molar refractivity (Wildman–Crippen MR) is 64.7 cm³/mol. The van der Waals surface area contributed by atoms with E-state index in [1.165, 1.54) is 11.4 Å². The molecule has 1 aliphatic heterocycles. The minimum atomic E-state index is 0.643. The lowest BCUT2D eigenvalue weighted by Gasteiger charge is -2.27. The van der Waals surface area contributed by atoms with E-state index in [2.05, 4.69) is 26.0 Å². The van der Waals surface area contributed by atoms with Crippen LogP contribution in [0.1, 0.15) is 17.3 Å². The molecule has 17 heavy (non-hydrogen) atoms. The lowest BCUT2D eigenvalue weighted by Crippen LogP contribution is -2.40. The molecule has 1 aliphatic rings. The van der Waals surface area contributed by atoms with Crippen LogP contribution < -0.4 is 5.32 Å². The van der Waals surface area contributed by atoms with Gasteiger partial charge in [0.2, 0.25) is 0 Å². The summed E-state index contributed by atoms with van der Waals surface area (Å²) in [6.45, 7) is 3.14. The number of hydrogen-bond donors (Lipinski definition) is 1. The van der Waals surface area contributed by atoms with E-state index >= 15 is 0 Å². The summed E-state index contributed by atoms with van der Waals surface area (Å²) in [6.07, 6.45) is 6.78. The first kappa shape index (κ1) is 10.5. The molecule has 0 aliphatic carbocycles. The summed E-state index contributed by atoms with van der Waals surface area (Å²) in [6, 6.07) is 2.07. The monoisotopic (exact) mass is 231 g/mol. The van der Waals surface area contributed by atoms with Crippen molar-refractivity contribution in [3.63, 3.8) is 0 Å². The van der Waals surface area contributed by atoms with Crippen LogP contribution in [0.4, 0.5) is 0 Å². The average molecular weight is 231 g/mol. The van der Waals surface area contributed by atoms with Crippen molar-refractivity contribution in [3.8, 4) is 0 Å². The van der Waals surface area contributed by atoms with E-state index in [0.29, 0.717) is 5.92 Å². The summed E-state index contributed by atoms with van der Waals surface area (Å²) < 4.78 is 4.19. The second kappa shape index (κ2) is 4.33.